The second-order valence-electron chi connectivity index (χ2n) is 4.84. The third-order valence-electron chi connectivity index (χ3n) is 3.57. The lowest BCUT2D eigenvalue weighted by atomic mass is 10.2. The Morgan fingerprint density at radius 2 is 2.24 bits per heavy atom. The van der Waals surface area contributed by atoms with Gasteiger partial charge in [0, 0.05) is 49.9 Å². The first-order valence-corrected chi connectivity index (χ1v) is 7.67. The van der Waals surface area contributed by atoms with Crippen molar-refractivity contribution in [1.82, 2.24) is 9.88 Å². The highest BCUT2D eigenvalue weighted by molar-refractivity contribution is 7.13. The van der Waals surface area contributed by atoms with Crippen molar-refractivity contribution in [3.8, 4) is 0 Å². The van der Waals surface area contributed by atoms with Crippen molar-refractivity contribution in [2.24, 2.45) is 0 Å². The molecule has 2 aromatic heterocycles. The summed E-state index contributed by atoms with van der Waals surface area (Å²) in [7, 11) is 1.36. The number of rotatable bonds is 4. The number of furan rings is 1. The van der Waals surface area contributed by atoms with Crippen molar-refractivity contribution in [2.45, 2.75) is 6.54 Å². The largest absolute Gasteiger partial charge is 0.463 e. The number of hydrogen-bond donors (Lipinski definition) is 0. The molecule has 3 heterocycles. The Morgan fingerprint density at radius 1 is 1.43 bits per heavy atom. The van der Waals surface area contributed by atoms with E-state index in [1.807, 2.05) is 17.6 Å². The fourth-order valence-electron chi connectivity index (χ4n) is 2.44. The highest BCUT2D eigenvalue weighted by Gasteiger charge is 2.22. The lowest BCUT2D eigenvalue weighted by Gasteiger charge is -2.34. The zero-order chi connectivity index (χ0) is 14.7. The van der Waals surface area contributed by atoms with E-state index in [0.717, 1.165) is 36.9 Å². The Bertz CT molecular complexity index is 588. The first-order valence-electron chi connectivity index (χ1n) is 6.79. The molecule has 0 amide bonds. The number of hydrogen-bond acceptors (Lipinski definition) is 7. The molecule has 6 nitrogen and oxygen atoms in total. The molecule has 7 heteroatoms. The van der Waals surface area contributed by atoms with E-state index in [1.54, 1.807) is 11.3 Å². The van der Waals surface area contributed by atoms with Gasteiger partial charge in [0.2, 0.25) is 5.76 Å². The smallest absolute Gasteiger partial charge is 0.374 e. The molecule has 0 aliphatic carbocycles. The molecule has 1 aliphatic heterocycles. The average molecular weight is 307 g/mol. The number of carbonyl (C=O) groups is 1. The first kappa shape index (κ1) is 14.1. The lowest BCUT2D eigenvalue weighted by Crippen LogP contribution is -2.46. The van der Waals surface area contributed by atoms with Crippen LogP contribution >= 0.6 is 11.3 Å². The Hall–Kier alpha value is -1.86. The molecule has 3 rings (SSSR count). The maximum Gasteiger partial charge on any atom is 0.374 e. The maximum absolute atomic E-state index is 11.6. The number of aromatic nitrogens is 1. The van der Waals surface area contributed by atoms with Gasteiger partial charge in [-0.15, -0.1) is 11.3 Å². The first-order chi connectivity index (χ1) is 10.3. The fraction of sp³-hybridized carbons (Fsp3) is 0.429. The van der Waals surface area contributed by atoms with Gasteiger partial charge in [-0.05, 0) is 6.07 Å². The second kappa shape index (κ2) is 6.28. The SMILES string of the molecule is COC(=O)c1occc1CN1CCN(c2nccs2)CC1. The topological polar surface area (TPSA) is 58.8 Å². The van der Waals surface area contributed by atoms with Gasteiger partial charge in [-0.2, -0.15) is 0 Å². The van der Waals surface area contributed by atoms with E-state index in [-0.39, 0.29) is 0 Å². The van der Waals surface area contributed by atoms with E-state index in [9.17, 15) is 4.79 Å². The van der Waals surface area contributed by atoms with Crippen LogP contribution in [0.1, 0.15) is 16.1 Å². The van der Waals surface area contributed by atoms with Crippen LogP contribution in [0, 0.1) is 0 Å². The second-order valence-corrected chi connectivity index (χ2v) is 5.72. The number of thiazole rings is 1. The monoisotopic (exact) mass is 307 g/mol. The van der Waals surface area contributed by atoms with Gasteiger partial charge in [-0.25, -0.2) is 9.78 Å². The van der Waals surface area contributed by atoms with Gasteiger partial charge >= 0.3 is 5.97 Å². The summed E-state index contributed by atoms with van der Waals surface area (Å²) in [4.78, 5) is 20.5. The Labute approximate surface area is 126 Å². The summed E-state index contributed by atoms with van der Waals surface area (Å²) in [5, 5.41) is 3.07. The van der Waals surface area contributed by atoms with Gasteiger partial charge in [-0.1, -0.05) is 0 Å². The van der Waals surface area contributed by atoms with Crippen LogP contribution in [-0.4, -0.2) is 49.1 Å². The Balaban J connectivity index is 1.58. The van der Waals surface area contributed by atoms with Gasteiger partial charge in [-0.3, -0.25) is 4.90 Å². The molecule has 0 atom stereocenters. The van der Waals surface area contributed by atoms with Crippen LogP contribution in [0.2, 0.25) is 0 Å². The number of esters is 1. The molecule has 1 fully saturated rings. The molecule has 112 valence electrons. The standard InChI is InChI=1S/C14H17N3O3S/c1-19-13(18)12-11(2-8-20-12)10-16-4-6-17(7-5-16)14-15-3-9-21-14/h2-3,8-9H,4-7,10H2,1H3. The highest BCUT2D eigenvalue weighted by Crippen LogP contribution is 2.20. The zero-order valence-electron chi connectivity index (χ0n) is 11.8. The van der Waals surface area contributed by atoms with Crippen molar-refractivity contribution in [3.63, 3.8) is 0 Å². The molecule has 2 aromatic rings. The fourth-order valence-corrected chi connectivity index (χ4v) is 3.14. The molecule has 1 aliphatic rings. The van der Waals surface area contributed by atoms with Crippen molar-refractivity contribution >= 4 is 22.4 Å². The van der Waals surface area contributed by atoms with E-state index < -0.39 is 5.97 Å². The van der Waals surface area contributed by atoms with Crippen molar-refractivity contribution in [1.29, 1.82) is 0 Å². The number of carbonyl (C=O) groups excluding carboxylic acids is 1. The van der Waals surface area contributed by atoms with Crippen LogP contribution < -0.4 is 4.90 Å². The maximum atomic E-state index is 11.6. The Kier molecular flexibility index (Phi) is 4.21. The molecule has 21 heavy (non-hydrogen) atoms. The molecule has 0 aromatic carbocycles. The quantitative estimate of drug-likeness (QED) is 0.803. The van der Waals surface area contributed by atoms with Crippen LogP contribution in [0.15, 0.2) is 28.3 Å². The van der Waals surface area contributed by atoms with Crippen LogP contribution in [0.4, 0.5) is 5.13 Å². The van der Waals surface area contributed by atoms with Crippen molar-refractivity contribution < 1.29 is 13.9 Å². The lowest BCUT2D eigenvalue weighted by molar-refractivity contribution is 0.0561. The van der Waals surface area contributed by atoms with E-state index in [4.69, 9.17) is 9.15 Å². The zero-order valence-corrected chi connectivity index (χ0v) is 12.6. The van der Waals surface area contributed by atoms with Gasteiger partial charge in [0.05, 0.1) is 13.4 Å². The van der Waals surface area contributed by atoms with Crippen LogP contribution in [0.3, 0.4) is 0 Å². The van der Waals surface area contributed by atoms with Crippen molar-refractivity contribution in [2.75, 3.05) is 38.2 Å². The minimum Gasteiger partial charge on any atom is -0.463 e. The summed E-state index contributed by atoms with van der Waals surface area (Å²) < 4.78 is 9.94. The third kappa shape index (κ3) is 3.08. The minimum atomic E-state index is -0.420. The summed E-state index contributed by atoms with van der Waals surface area (Å²) in [5.74, 6) is -0.115. The summed E-state index contributed by atoms with van der Waals surface area (Å²) >= 11 is 1.67. The molecule has 0 radical (unpaired) electrons. The minimum absolute atomic E-state index is 0.305. The predicted octanol–water partition coefficient (Wildman–Crippen LogP) is 1.84. The normalized spacial score (nSPS) is 16.1. The van der Waals surface area contributed by atoms with E-state index in [1.165, 1.54) is 13.4 Å². The summed E-state index contributed by atoms with van der Waals surface area (Å²) in [6.45, 7) is 4.46. The third-order valence-corrected chi connectivity index (χ3v) is 4.41. The molecule has 0 unspecified atom stereocenters. The van der Waals surface area contributed by atoms with Gasteiger partial charge in [0.25, 0.3) is 0 Å². The van der Waals surface area contributed by atoms with Gasteiger partial charge < -0.3 is 14.1 Å². The van der Waals surface area contributed by atoms with Crippen LogP contribution in [0.5, 0.6) is 0 Å². The van der Waals surface area contributed by atoms with Gasteiger partial charge in [0.15, 0.2) is 5.13 Å². The molecule has 0 N–H and O–H groups in total. The average Bonchev–Trinajstić information content (AvgIpc) is 3.18. The Morgan fingerprint density at radius 3 is 2.90 bits per heavy atom. The number of piperazine rings is 1. The van der Waals surface area contributed by atoms with Crippen molar-refractivity contribution in [3.05, 3.63) is 35.2 Å². The molecular formula is C14H17N3O3S. The molecule has 1 saturated heterocycles. The number of methoxy groups -OCH3 is 1. The summed E-state index contributed by atoms with van der Waals surface area (Å²) in [6, 6.07) is 1.83. The van der Waals surface area contributed by atoms with Crippen LogP contribution in [0.25, 0.3) is 0 Å². The van der Waals surface area contributed by atoms with E-state index >= 15 is 0 Å². The summed E-state index contributed by atoms with van der Waals surface area (Å²) in [6.07, 6.45) is 3.37. The molecule has 0 saturated carbocycles. The van der Waals surface area contributed by atoms with E-state index in [0.29, 0.717) is 12.3 Å². The molecule has 0 spiro atoms. The van der Waals surface area contributed by atoms with Gasteiger partial charge in [0.1, 0.15) is 0 Å². The number of nitrogens with zero attached hydrogens (tertiary/aromatic N) is 3. The molecular weight excluding hydrogens is 290 g/mol. The van der Waals surface area contributed by atoms with Crippen LogP contribution in [-0.2, 0) is 11.3 Å². The number of anilines is 1. The predicted molar refractivity (Wildman–Crippen MR) is 79.7 cm³/mol. The number of ether oxygens (including phenoxy) is 1. The van der Waals surface area contributed by atoms with E-state index in [2.05, 4.69) is 14.8 Å². The molecule has 0 bridgehead atoms. The highest BCUT2D eigenvalue weighted by atomic mass is 32.1. The summed E-state index contributed by atoms with van der Waals surface area (Å²) in [5.41, 5.74) is 0.879.